The molecule has 138 valence electrons. The molecular weight excluding hydrogens is 328 g/mol. The first-order valence-corrected chi connectivity index (χ1v) is 8.08. The van der Waals surface area contributed by atoms with E-state index in [9.17, 15) is 14.7 Å². The molecule has 8 heteroatoms. The molecule has 3 unspecified atom stereocenters. The maximum atomic E-state index is 12.0. The third-order valence-corrected chi connectivity index (χ3v) is 3.60. The van der Waals surface area contributed by atoms with E-state index in [4.69, 9.17) is 14.6 Å². The van der Waals surface area contributed by atoms with E-state index in [2.05, 4.69) is 16.8 Å². The zero-order chi connectivity index (χ0) is 18.6. The van der Waals surface area contributed by atoms with Crippen LogP contribution in [0.1, 0.15) is 39.0 Å². The van der Waals surface area contributed by atoms with Crippen LogP contribution in [-0.2, 0) is 9.47 Å². The van der Waals surface area contributed by atoms with Crippen LogP contribution in [-0.4, -0.2) is 51.8 Å². The lowest BCUT2D eigenvalue weighted by Gasteiger charge is -2.21. The Bertz CT molecular complexity index is 764. The van der Waals surface area contributed by atoms with Crippen molar-refractivity contribution in [3.8, 4) is 11.8 Å². The molecule has 0 radical (unpaired) electrons. The van der Waals surface area contributed by atoms with Crippen molar-refractivity contribution in [1.82, 2.24) is 9.55 Å². The fraction of sp³-hybridized carbons (Fsp3) is 0.647. The van der Waals surface area contributed by atoms with Crippen LogP contribution in [0.15, 0.2) is 15.8 Å². The summed E-state index contributed by atoms with van der Waals surface area (Å²) in [7, 11) is 0. The molecule has 0 aliphatic carbocycles. The summed E-state index contributed by atoms with van der Waals surface area (Å²) in [4.78, 5) is 25.9. The smallest absolute Gasteiger partial charge is 0.330 e. The molecule has 0 saturated carbocycles. The maximum Gasteiger partial charge on any atom is 0.330 e. The van der Waals surface area contributed by atoms with Crippen molar-refractivity contribution in [3.05, 3.63) is 32.6 Å². The molecule has 0 bridgehead atoms. The fourth-order valence-electron chi connectivity index (χ4n) is 2.44. The Morgan fingerprint density at radius 3 is 2.80 bits per heavy atom. The van der Waals surface area contributed by atoms with Crippen molar-refractivity contribution in [2.24, 2.45) is 5.41 Å². The summed E-state index contributed by atoms with van der Waals surface area (Å²) in [5, 5.41) is 18.9. The molecule has 1 aliphatic rings. The number of hydrogen-bond donors (Lipinski definition) is 3. The highest BCUT2D eigenvalue weighted by molar-refractivity contribution is 5.29. The van der Waals surface area contributed by atoms with Crippen LogP contribution in [0.25, 0.3) is 0 Å². The van der Waals surface area contributed by atoms with Gasteiger partial charge in [-0.2, -0.15) is 0 Å². The number of rotatable bonds is 4. The third kappa shape index (κ3) is 5.28. The minimum atomic E-state index is -0.782. The number of aromatic nitrogens is 2. The van der Waals surface area contributed by atoms with E-state index in [0.717, 1.165) is 0 Å². The third-order valence-electron chi connectivity index (χ3n) is 3.60. The summed E-state index contributed by atoms with van der Waals surface area (Å²) in [6, 6.07) is 0. The normalized spacial score (nSPS) is 23.3. The van der Waals surface area contributed by atoms with Crippen LogP contribution in [0, 0.1) is 17.3 Å². The molecule has 0 aromatic carbocycles. The van der Waals surface area contributed by atoms with Gasteiger partial charge in [0.15, 0.2) is 0 Å². The Kier molecular flexibility index (Phi) is 6.19. The molecule has 1 fully saturated rings. The molecular formula is C17H24N2O6. The van der Waals surface area contributed by atoms with Crippen LogP contribution in [0.5, 0.6) is 0 Å². The lowest BCUT2D eigenvalue weighted by Crippen LogP contribution is -2.34. The van der Waals surface area contributed by atoms with Gasteiger partial charge in [-0.15, -0.1) is 0 Å². The number of nitrogens with one attached hydrogen (secondary N) is 1. The minimum Gasteiger partial charge on any atom is -0.390 e. The second-order valence-electron chi connectivity index (χ2n) is 7.18. The van der Waals surface area contributed by atoms with Crippen molar-refractivity contribution in [3.63, 3.8) is 0 Å². The zero-order valence-electron chi connectivity index (χ0n) is 14.6. The highest BCUT2D eigenvalue weighted by Gasteiger charge is 2.36. The van der Waals surface area contributed by atoms with E-state index < -0.39 is 36.3 Å². The highest BCUT2D eigenvalue weighted by Crippen LogP contribution is 2.28. The topological polar surface area (TPSA) is 114 Å². The first-order chi connectivity index (χ1) is 11.7. The van der Waals surface area contributed by atoms with Crippen molar-refractivity contribution in [2.75, 3.05) is 19.8 Å². The summed E-state index contributed by atoms with van der Waals surface area (Å²) >= 11 is 0. The fourth-order valence-corrected chi connectivity index (χ4v) is 2.44. The van der Waals surface area contributed by atoms with E-state index in [1.165, 1.54) is 10.8 Å². The summed E-state index contributed by atoms with van der Waals surface area (Å²) in [5.41, 5.74) is -1.24. The van der Waals surface area contributed by atoms with Gasteiger partial charge in [-0.3, -0.25) is 14.3 Å². The molecule has 0 amide bonds. The van der Waals surface area contributed by atoms with Crippen LogP contribution < -0.4 is 11.2 Å². The summed E-state index contributed by atoms with van der Waals surface area (Å²) in [6.07, 6.45) is -0.590. The molecule has 2 heterocycles. The van der Waals surface area contributed by atoms with Crippen LogP contribution in [0.4, 0.5) is 0 Å². The van der Waals surface area contributed by atoms with E-state index in [-0.39, 0.29) is 24.0 Å². The minimum absolute atomic E-state index is 0.000903. The van der Waals surface area contributed by atoms with Gasteiger partial charge in [0, 0.05) is 12.6 Å². The van der Waals surface area contributed by atoms with Gasteiger partial charge in [-0.25, -0.2) is 4.79 Å². The molecule has 0 spiro atoms. The summed E-state index contributed by atoms with van der Waals surface area (Å²) in [6.45, 7) is 6.45. The van der Waals surface area contributed by atoms with Gasteiger partial charge in [0.1, 0.15) is 24.5 Å². The second-order valence-corrected chi connectivity index (χ2v) is 7.18. The second kappa shape index (κ2) is 7.97. The zero-order valence-corrected chi connectivity index (χ0v) is 14.6. The predicted molar refractivity (Wildman–Crippen MR) is 90.1 cm³/mol. The molecule has 2 rings (SSSR count). The van der Waals surface area contributed by atoms with E-state index >= 15 is 0 Å². The van der Waals surface area contributed by atoms with Gasteiger partial charge in [0.2, 0.25) is 0 Å². The van der Waals surface area contributed by atoms with Crippen molar-refractivity contribution in [1.29, 1.82) is 0 Å². The largest absolute Gasteiger partial charge is 0.390 e. The quantitative estimate of drug-likeness (QED) is 0.635. The number of aliphatic hydroxyl groups excluding tert-OH is 2. The summed E-state index contributed by atoms with van der Waals surface area (Å²) < 4.78 is 12.5. The van der Waals surface area contributed by atoms with Crippen molar-refractivity contribution < 1.29 is 19.7 Å². The lowest BCUT2D eigenvalue weighted by molar-refractivity contribution is -0.0724. The summed E-state index contributed by atoms with van der Waals surface area (Å²) in [5.74, 6) is 4.84. The maximum absolute atomic E-state index is 12.0. The van der Waals surface area contributed by atoms with Crippen molar-refractivity contribution in [2.45, 2.75) is 45.6 Å². The molecule has 1 aromatic heterocycles. The number of ether oxygens (including phenoxy) is 2. The highest BCUT2D eigenvalue weighted by atomic mass is 16.6. The average molecular weight is 352 g/mol. The Labute approximate surface area is 145 Å². The Morgan fingerprint density at radius 1 is 1.44 bits per heavy atom. The Balaban J connectivity index is 2.12. The van der Waals surface area contributed by atoms with Gasteiger partial charge in [-0.1, -0.05) is 32.6 Å². The number of hydrogen-bond acceptors (Lipinski definition) is 6. The molecule has 1 aromatic rings. The van der Waals surface area contributed by atoms with Gasteiger partial charge >= 0.3 is 5.69 Å². The van der Waals surface area contributed by atoms with Gasteiger partial charge in [-0.05, 0) is 5.41 Å². The van der Waals surface area contributed by atoms with E-state index in [1.54, 1.807) is 0 Å². The standard InChI is InChI=1S/C17H24N2O6/c1-17(2,3)10-24-9-13-12(21)7-14(25-13)19-8-11(5-4-6-20)15(22)18-16(19)23/h8,12-14,20-21H,6-7,9-10H2,1-3H3,(H,18,22,23). The van der Waals surface area contributed by atoms with Gasteiger partial charge in [0.25, 0.3) is 5.56 Å². The molecule has 1 aliphatic heterocycles. The van der Waals surface area contributed by atoms with Crippen molar-refractivity contribution >= 4 is 0 Å². The molecule has 3 N–H and O–H groups in total. The molecule has 8 nitrogen and oxygen atoms in total. The Morgan fingerprint density at radius 2 is 2.16 bits per heavy atom. The van der Waals surface area contributed by atoms with E-state index in [0.29, 0.717) is 6.61 Å². The first kappa shape index (κ1) is 19.4. The lowest BCUT2D eigenvalue weighted by atomic mass is 9.99. The number of aromatic amines is 1. The molecule has 3 atom stereocenters. The van der Waals surface area contributed by atoms with Gasteiger partial charge < -0.3 is 19.7 Å². The number of nitrogens with zero attached hydrogens (tertiary/aromatic N) is 1. The van der Waals surface area contributed by atoms with Crippen LogP contribution in [0.2, 0.25) is 0 Å². The first-order valence-electron chi connectivity index (χ1n) is 8.08. The molecule has 1 saturated heterocycles. The SMILES string of the molecule is CC(C)(C)COCC1OC(n2cc(C#CCO)c(=O)[nH]c2=O)CC1O. The van der Waals surface area contributed by atoms with Crippen LogP contribution >= 0.6 is 0 Å². The number of H-pyrrole nitrogens is 1. The van der Waals surface area contributed by atoms with E-state index in [1.807, 2.05) is 20.8 Å². The number of aliphatic hydroxyl groups is 2. The average Bonchev–Trinajstić information content (AvgIpc) is 2.86. The van der Waals surface area contributed by atoms with Gasteiger partial charge in [0.05, 0.1) is 19.3 Å². The monoisotopic (exact) mass is 352 g/mol. The van der Waals surface area contributed by atoms with Crippen LogP contribution in [0.3, 0.4) is 0 Å². The predicted octanol–water partition coefficient (Wildman–Crippen LogP) is -0.408. The Hall–Kier alpha value is -1.92. The molecule has 25 heavy (non-hydrogen) atoms.